The number of aryl methyl sites for hydroxylation is 2. The van der Waals surface area contributed by atoms with Gasteiger partial charge >= 0.3 is 6.03 Å². The maximum absolute atomic E-state index is 12.8. The highest BCUT2D eigenvalue weighted by Crippen LogP contribution is 2.31. The molecule has 2 aromatic carbocycles. The number of hydrogen-bond acceptors (Lipinski definition) is 5. The number of likely N-dealkylation sites (tertiary alicyclic amines) is 1. The number of hydrogen-bond donors (Lipinski definition) is 1. The lowest BCUT2D eigenvalue weighted by molar-refractivity contribution is 0.203. The molecule has 0 spiro atoms. The van der Waals surface area contributed by atoms with Crippen molar-refractivity contribution in [3.05, 3.63) is 71.4 Å². The maximum atomic E-state index is 12.8. The Balaban J connectivity index is 1.39. The molecule has 1 aliphatic rings. The fourth-order valence-electron chi connectivity index (χ4n) is 3.44. The zero-order valence-corrected chi connectivity index (χ0v) is 16.6. The third-order valence-corrected chi connectivity index (χ3v) is 4.95. The van der Waals surface area contributed by atoms with Gasteiger partial charge in [0.15, 0.2) is 12.4 Å². The molecule has 0 radical (unpaired) electrons. The van der Waals surface area contributed by atoms with E-state index in [2.05, 4.69) is 15.5 Å². The molecule has 1 aromatic heterocycles. The summed E-state index contributed by atoms with van der Waals surface area (Å²) in [5, 5.41) is 7.05. The van der Waals surface area contributed by atoms with Gasteiger partial charge in [-0.15, -0.1) is 0 Å². The molecule has 1 aliphatic heterocycles. The zero-order chi connectivity index (χ0) is 20.2. The van der Waals surface area contributed by atoms with Gasteiger partial charge in [0.05, 0.1) is 6.04 Å². The third kappa shape index (κ3) is 4.56. The molecule has 1 saturated heterocycles. The van der Waals surface area contributed by atoms with E-state index in [4.69, 9.17) is 9.26 Å². The van der Waals surface area contributed by atoms with Crippen LogP contribution in [0.1, 0.15) is 41.7 Å². The van der Waals surface area contributed by atoms with E-state index < -0.39 is 0 Å². The van der Waals surface area contributed by atoms with E-state index in [0.29, 0.717) is 18.3 Å². The molecule has 29 heavy (non-hydrogen) atoms. The summed E-state index contributed by atoms with van der Waals surface area (Å²) in [7, 11) is 0. The Morgan fingerprint density at radius 3 is 2.83 bits per heavy atom. The van der Waals surface area contributed by atoms with Crippen LogP contribution in [-0.2, 0) is 6.61 Å². The average Bonchev–Trinajstić information content (AvgIpc) is 3.37. The minimum Gasteiger partial charge on any atom is -0.484 e. The van der Waals surface area contributed by atoms with Crippen molar-refractivity contribution in [2.24, 2.45) is 0 Å². The van der Waals surface area contributed by atoms with Crippen LogP contribution in [0.25, 0.3) is 0 Å². The van der Waals surface area contributed by atoms with Crippen LogP contribution in [-0.4, -0.2) is 27.6 Å². The van der Waals surface area contributed by atoms with Crippen molar-refractivity contribution in [3.8, 4) is 5.75 Å². The molecule has 150 valence electrons. The fourth-order valence-corrected chi connectivity index (χ4v) is 3.44. The summed E-state index contributed by atoms with van der Waals surface area (Å²) in [6, 6.07) is 15.2. The van der Waals surface area contributed by atoms with Gasteiger partial charge in [-0.25, -0.2) is 4.79 Å². The molecule has 0 bridgehead atoms. The number of benzene rings is 2. The van der Waals surface area contributed by atoms with Crippen molar-refractivity contribution in [2.45, 2.75) is 39.3 Å². The number of amides is 2. The van der Waals surface area contributed by atoms with Crippen molar-refractivity contribution in [2.75, 3.05) is 11.9 Å². The van der Waals surface area contributed by atoms with Crippen LogP contribution in [0.5, 0.6) is 5.75 Å². The van der Waals surface area contributed by atoms with Gasteiger partial charge in [0.1, 0.15) is 5.75 Å². The number of carbonyl (C=O) groups is 1. The van der Waals surface area contributed by atoms with E-state index in [0.717, 1.165) is 29.8 Å². The average molecular weight is 392 g/mol. The standard InChI is InChI=1S/C22H24N4O3/c1-15-8-10-18(11-9-15)28-14-20-24-21(25-29-20)19-7-4-12-26(19)22(27)23-17-6-3-5-16(2)13-17/h3,5-6,8-11,13,19H,4,7,12,14H2,1-2H3,(H,23,27). The smallest absolute Gasteiger partial charge is 0.322 e. The van der Waals surface area contributed by atoms with E-state index in [-0.39, 0.29) is 18.7 Å². The number of carbonyl (C=O) groups excluding carboxylic acids is 1. The van der Waals surface area contributed by atoms with Crippen molar-refractivity contribution >= 4 is 11.7 Å². The lowest BCUT2D eigenvalue weighted by Gasteiger charge is -2.22. The molecule has 1 atom stereocenters. The van der Waals surface area contributed by atoms with Crippen molar-refractivity contribution in [1.29, 1.82) is 0 Å². The van der Waals surface area contributed by atoms with Gasteiger partial charge < -0.3 is 19.5 Å². The predicted molar refractivity (Wildman–Crippen MR) is 109 cm³/mol. The molecule has 7 nitrogen and oxygen atoms in total. The lowest BCUT2D eigenvalue weighted by atomic mass is 10.2. The van der Waals surface area contributed by atoms with Gasteiger partial charge in [0.2, 0.25) is 0 Å². The monoisotopic (exact) mass is 392 g/mol. The first kappa shape index (κ1) is 19.0. The Morgan fingerprint density at radius 2 is 2.03 bits per heavy atom. The SMILES string of the molecule is Cc1ccc(OCc2nc(C3CCCN3C(=O)Nc3cccc(C)c3)no2)cc1. The van der Waals surface area contributed by atoms with Gasteiger partial charge in [0, 0.05) is 12.2 Å². The van der Waals surface area contributed by atoms with Gasteiger partial charge in [-0.3, -0.25) is 0 Å². The number of aromatic nitrogens is 2. The van der Waals surface area contributed by atoms with E-state index in [1.165, 1.54) is 5.56 Å². The molecule has 7 heteroatoms. The minimum absolute atomic E-state index is 0.152. The minimum atomic E-state index is -0.198. The summed E-state index contributed by atoms with van der Waals surface area (Å²) < 4.78 is 11.0. The van der Waals surface area contributed by atoms with Gasteiger partial charge in [-0.1, -0.05) is 35.0 Å². The van der Waals surface area contributed by atoms with E-state index in [1.54, 1.807) is 4.90 Å². The summed E-state index contributed by atoms with van der Waals surface area (Å²) in [6.45, 7) is 4.87. The van der Waals surface area contributed by atoms with Crippen LogP contribution in [0.3, 0.4) is 0 Å². The highest BCUT2D eigenvalue weighted by Gasteiger charge is 2.33. The Morgan fingerprint density at radius 1 is 1.21 bits per heavy atom. The first-order valence-electron chi connectivity index (χ1n) is 9.75. The normalized spacial score (nSPS) is 16.1. The van der Waals surface area contributed by atoms with Crippen molar-refractivity contribution < 1.29 is 14.1 Å². The van der Waals surface area contributed by atoms with Crippen LogP contribution in [0.15, 0.2) is 53.1 Å². The number of nitrogens with one attached hydrogen (secondary N) is 1. The Labute approximate surface area is 169 Å². The zero-order valence-electron chi connectivity index (χ0n) is 16.6. The van der Waals surface area contributed by atoms with E-state index in [1.807, 2.05) is 62.4 Å². The summed E-state index contributed by atoms with van der Waals surface area (Å²) in [6.07, 6.45) is 1.70. The van der Waals surface area contributed by atoms with Crippen LogP contribution >= 0.6 is 0 Å². The topological polar surface area (TPSA) is 80.5 Å². The van der Waals surface area contributed by atoms with Crippen molar-refractivity contribution in [3.63, 3.8) is 0 Å². The summed E-state index contributed by atoms with van der Waals surface area (Å²) >= 11 is 0. The molecule has 0 aliphatic carbocycles. The van der Waals surface area contributed by atoms with Gasteiger partial charge in [-0.05, 0) is 56.5 Å². The second-order valence-corrected chi connectivity index (χ2v) is 7.30. The quantitative estimate of drug-likeness (QED) is 0.684. The molecule has 3 aromatic rings. The molecule has 4 rings (SSSR count). The third-order valence-electron chi connectivity index (χ3n) is 4.95. The molecular weight excluding hydrogens is 368 g/mol. The number of urea groups is 1. The van der Waals surface area contributed by atoms with E-state index in [9.17, 15) is 4.79 Å². The Bertz CT molecular complexity index is 984. The van der Waals surface area contributed by atoms with Crippen LogP contribution in [0, 0.1) is 13.8 Å². The molecule has 1 unspecified atom stereocenters. The number of nitrogens with zero attached hydrogens (tertiary/aromatic N) is 3. The first-order chi connectivity index (χ1) is 14.1. The van der Waals surface area contributed by atoms with Crippen LogP contribution < -0.4 is 10.1 Å². The predicted octanol–water partition coefficient (Wildman–Crippen LogP) is 4.63. The van der Waals surface area contributed by atoms with Gasteiger partial charge in [-0.2, -0.15) is 4.98 Å². The Kier molecular flexibility index (Phi) is 5.46. The molecule has 0 saturated carbocycles. The lowest BCUT2D eigenvalue weighted by Crippen LogP contribution is -2.34. The van der Waals surface area contributed by atoms with Gasteiger partial charge in [0.25, 0.3) is 5.89 Å². The second kappa shape index (κ2) is 8.34. The summed E-state index contributed by atoms with van der Waals surface area (Å²) in [5.41, 5.74) is 3.04. The summed E-state index contributed by atoms with van der Waals surface area (Å²) in [4.78, 5) is 19.0. The Hall–Kier alpha value is -3.35. The van der Waals surface area contributed by atoms with Crippen molar-refractivity contribution in [1.82, 2.24) is 15.0 Å². The number of ether oxygens (including phenoxy) is 1. The highest BCUT2D eigenvalue weighted by atomic mass is 16.5. The molecule has 1 N–H and O–H groups in total. The number of rotatable bonds is 5. The molecule has 2 amide bonds. The summed E-state index contributed by atoms with van der Waals surface area (Å²) in [5.74, 6) is 1.66. The molecule has 1 fully saturated rings. The fraction of sp³-hybridized carbons (Fsp3) is 0.318. The molecular formula is C22H24N4O3. The number of anilines is 1. The first-order valence-corrected chi connectivity index (χ1v) is 9.75. The van der Waals surface area contributed by atoms with Crippen LogP contribution in [0.4, 0.5) is 10.5 Å². The largest absolute Gasteiger partial charge is 0.484 e. The molecule has 2 heterocycles. The van der Waals surface area contributed by atoms with E-state index >= 15 is 0 Å². The highest BCUT2D eigenvalue weighted by molar-refractivity contribution is 5.89. The maximum Gasteiger partial charge on any atom is 0.322 e. The van der Waals surface area contributed by atoms with Crippen LogP contribution in [0.2, 0.25) is 0 Å². The second-order valence-electron chi connectivity index (χ2n) is 7.30.